The van der Waals surface area contributed by atoms with Gasteiger partial charge in [0.1, 0.15) is 5.82 Å². The van der Waals surface area contributed by atoms with Crippen LogP contribution in [0.5, 0.6) is 0 Å². The molecule has 4 aromatic rings. The van der Waals surface area contributed by atoms with E-state index in [1.54, 1.807) is 24.6 Å². The molecule has 0 fully saturated rings. The van der Waals surface area contributed by atoms with Crippen LogP contribution in [0.1, 0.15) is 35.5 Å². The number of sulfonamides is 1. The maximum Gasteiger partial charge on any atom is 0.256 e. The minimum atomic E-state index is -3.59. The first-order chi connectivity index (χ1) is 16.1. The van der Waals surface area contributed by atoms with Gasteiger partial charge in [-0.15, -0.1) is 0 Å². The van der Waals surface area contributed by atoms with Crippen molar-refractivity contribution in [1.82, 2.24) is 19.1 Å². The zero-order valence-electron chi connectivity index (χ0n) is 19.2. The molecule has 0 saturated heterocycles. The Bertz CT molecular complexity index is 1430. The summed E-state index contributed by atoms with van der Waals surface area (Å²) in [7, 11) is -3.59. The van der Waals surface area contributed by atoms with Crippen molar-refractivity contribution in [1.29, 1.82) is 0 Å². The van der Waals surface area contributed by atoms with E-state index in [-0.39, 0.29) is 10.8 Å². The first-order valence-corrected chi connectivity index (χ1v) is 13.3. The number of benzene rings is 2. The summed E-state index contributed by atoms with van der Waals surface area (Å²) in [5.74, 6) is 0.0680. The van der Waals surface area contributed by atoms with Crippen LogP contribution in [0.15, 0.2) is 47.4 Å². The van der Waals surface area contributed by atoms with Gasteiger partial charge in [0, 0.05) is 24.7 Å². The Hall–Kier alpha value is -2.79. The molecule has 4 rings (SSSR count). The molecule has 0 radical (unpaired) electrons. The number of fused-ring (bicyclic) bond motifs is 1. The molecule has 0 aliphatic carbocycles. The highest BCUT2D eigenvalue weighted by Gasteiger charge is 2.22. The Labute approximate surface area is 207 Å². The first-order valence-electron chi connectivity index (χ1n) is 10.7. The van der Waals surface area contributed by atoms with Crippen LogP contribution in [0.25, 0.3) is 15.3 Å². The Morgan fingerprint density at radius 2 is 1.79 bits per heavy atom. The first kappa shape index (κ1) is 24.3. The fourth-order valence-electron chi connectivity index (χ4n) is 3.60. The lowest BCUT2D eigenvalue weighted by Gasteiger charge is -2.18. The highest BCUT2D eigenvalue weighted by atomic mass is 35.5. The Morgan fingerprint density at radius 1 is 1.12 bits per heavy atom. The molecule has 0 atom stereocenters. The minimum Gasteiger partial charge on any atom is -0.306 e. The third-order valence-electron chi connectivity index (χ3n) is 5.40. The van der Waals surface area contributed by atoms with E-state index in [1.807, 2.05) is 26.0 Å². The lowest BCUT2D eigenvalue weighted by molar-refractivity contribution is 0.102. The second kappa shape index (κ2) is 9.46. The molecule has 0 aliphatic rings. The molecule has 0 unspecified atom stereocenters. The zero-order chi connectivity index (χ0) is 24.6. The average Bonchev–Trinajstić information content (AvgIpc) is 3.41. The minimum absolute atomic E-state index is 0.148. The monoisotopic (exact) mass is 517 g/mol. The number of carbonyl (C=O) groups is 1. The molecule has 0 bridgehead atoms. The lowest BCUT2D eigenvalue weighted by Crippen LogP contribution is -2.30. The van der Waals surface area contributed by atoms with Crippen molar-refractivity contribution in [3.8, 4) is 5.13 Å². The Morgan fingerprint density at radius 3 is 2.41 bits per heavy atom. The number of nitrogens with one attached hydrogen (secondary N) is 1. The number of aryl methyl sites for hydroxylation is 2. The van der Waals surface area contributed by atoms with Gasteiger partial charge in [-0.05, 0) is 49.7 Å². The molecular weight excluding hydrogens is 494 g/mol. The summed E-state index contributed by atoms with van der Waals surface area (Å²) in [6.07, 6.45) is 0. The maximum atomic E-state index is 12.9. The number of nitrogens with zero attached hydrogens (tertiary/aromatic N) is 4. The molecule has 178 valence electrons. The van der Waals surface area contributed by atoms with Gasteiger partial charge in [-0.2, -0.15) is 14.1 Å². The third kappa shape index (κ3) is 4.46. The fraction of sp³-hybridized carbons (Fsp3) is 0.261. The van der Waals surface area contributed by atoms with Crippen LogP contribution in [-0.4, -0.2) is 46.5 Å². The summed E-state index contributed by atoms with van der Waals surface area (Å²) in [4.78, 5) is 17.8. The highest BCUT2D eigenvalue weighted by molar-refractivity contribution is 7.89. The van der Waals surface area contributed by atoms with Crippen molar-refractivity contribution in [3.05, 3.63) is 64.3 Å². The van der Waals surface area contributed by atoms with Gasteiger partial charge < -0.3 is 5.32 Å². The van der Waals surface area contributed by atoms with Crippen molar-refractivity contribution in [2.45, 2.75) is 32.6 Å². The van der Waals surface area contributed by atoms with E-state index in [1.165, 1.54) is 39.9 Å². The van der Waals surface area contributed by atoms with E-state index in [0.29, 0.717) is 40.3 Å². The highest BCUT2D eigenvalue weighted by Crippen LogP contribution is 2.34. The third-order valence-corrected chi connectivity index (χ3v) is 8.96. The van der Waals surface area contributed by atoms with Gasteiger partial charge in [0.2, 0.25) is 15.2 Å². The van der Waals surface area contributed by atoms with Crippen molar-refractivity contribution in [3.63, 3.8) is 0 Å². The summed E-state index contributed by atoms with van der Waals surface area (Å²) in [5, 5.41) is 8.54. The summed E-state index contributed by atoms with van der Waals surface area (Å²) in [6, 6.07) is 11.4. The lowest BCUT2D eigenvalue weighted by atomic mass is 10.2. The number of rotatable bonds is 7. The molecule has 0 aliphatic heterocycles. The predicted molar refractivity (Wildman–Crippen MR) is 136 cm³/mol. The van der Waals surface area contributed by atoms with E-state index in [9.17, 15) is 13.2 Å². The zero-order valence-corrected chi connectivity index (χ0v) is 21.6. The molecule has 2 aromatic heterocycles. The van der Waals surface area contributed by atoms with Crippen LogP contribution in [0.4, 0.5) is 5.82 Å². The molecule has 8 nitrogen and oxygen atoms in total. The van der Waals surface area contributed by atoms with E-state index >= 15 is 0 Å². The van der Waals surface area contributed by atoms with Crippen molar-refractivity contribution in [2.75, 3.05) is 18.4 Å². The molecule has 0 saturated carbocycles. The number of anilines is 1. The summed E-state index contributed by atoms with van der Waals surface area (Å²) >= 11 is 7.74. The smallest absolute Gasteiger partial charge is 0.256 e. The van der Waals surface area contributed by atoms with Gasteiger partial charge in [0.05, 0.1) is 25.8 Å². The number of amides is 1. The van der Waals surface area contributed by atoms with Crippen molar-refractivity contribution in [2.24, 2.45) is 0 Å². The quantitative estimate of drug-likeness (QED) is 0.370. The van der Waals surface area contributed by atoms with Crippen molar-refractivity contribution >= 4 is 54.9 Å². The molecule has 11 heteroatoms. The SMILES string of the molecule is CCN(CC)S(=O)(=O)c1ccc(C(=O)Nc2cc(C)nn2-c2nc3c(C)ccc(Cl)c3s2)cc1. The second-order valence-corrected chi connectivity index (χ2v) is 11.0. The van der Waals surface area contributed by atoms with E-state index in [4.69, 9.17) is 11.6 Å². The maximum absolute atomic E-state index is 12.9. The molecule has 34 heavy (non-hydrogen) atoms. The Balaban J connectivity index is 1.62. The van der Waals surface area contributed by atoms with E-state index in [0.717, 1.165) is 15.8 Å². The number of hydrogen-bond donors (Lipinski definition) is 1. The van der Waals surface area contributed by atoms with Crippen LogP contribution >= 0.6 is 22.9 Å². The van der Waals surface area contributed by atoms with Crippen LogP contribution in [0, 0.1) is 13.8 Å². The number of halogens is 1. The largest absolute Gasteiger partial charge is 0.306 e. The summed E-state index contributed by atoms with van der Waals surface area (Å²) < 4.78 is 29.2. The predicted octanol–water partition coefficient (Wildman–Crippen LogP) is 5.04. The topological polar surface area (TPSA) is 97.2 Å². The number of thiazole rings is 1. The van der Waals surface area contributed by atoms with E-state index < -0.39 is 10.0 Å². The van der Waals surface area contributed by atoms with Crippen molar-refractivity contribution < 1.29 is 13.2 Å². The van der Waals surface area contributed by atoms with Gasteiger partial charge >= 0.3 is 0 Å². The number of hydrogen-bond acceptors (Lipinski definition) is 6. The molecule has 2 heterocycles. The van der Waals surface area contributed by atoms with Gasteiger partial charge in [0.15, 0.2) is 0 Å². The number of carbonyl (C=O) groups excluding carboxylic acids is 1. The van der Waals surface area contributed by atoms with Crippen LogP contribution in [-0.2, 0) is 10.0 Å². The van der Waals surface area contributed by atoms with Crippen LogP contribution in [0.3, 0.4) is 0 Å². The van der Waals surface area contributed by atoms with Crippen LogP contribution in [0.2, 0.25) is 5.02 Å². The molecule has 0 spiro atoms. The normalized spacial score (nSPS) is 11.9. The molecule has 2 aromatic carbocycles. The van der Waals surface area contributed by atoms with Gasteiger partial charge in [-0.1, -0.05) is 42.9 Å². The molecule has 1 N–H and O–H groups in total. The van der Waals surface area contributed by atoms with E-state index in [2.05, 4.69) is 15.4 Å². The van der Waals surface area contributed by atoms with Gasteiger partial charge in [-0.25, -0.2) is 13.4 Å². The van der Waals surface area contributed by atoms with Gasteiger partial charge in [0.25, 0.3) is 5.91 Å². The molecular formula is C23H24ClN5O3S2. The fourth-order valence-corrected chi connectivity index (χ4v) is 6.34. The Kier molecular flexibility index (Phi) is 6.77. The van der Waals surface area contributed by atoms with Crippen LogP contribution < -0.4 is 5.32 Å². The second-order valence-electron chi connectivity index (χ2n) is 7.69. The molecule has 1 amide bonds. The summed E-state index contributed by atoms with van der Waals surface area (Å²) in [6.45, 7) is 8.11. The standard InChI is InChI=1S/C23H24ClN5O3S2/c1-5-28(6-2)34(31,32)17-10-8-16(9-11-17)22(30)25-19-13-15(4)27-29(19)23-26-20-14(3)7-12-18(24)21(20)33-23/h7-13H,5-6H2,1-4H3,(H,25,30). The average molecular weight is 518 g/mol. The number of aromatic nitrogens is 3. The summed E-state index contributed by atoms with van der Waals surface area (Å²) in [5.41, 5.74) is 2.82. The van der Waals surface area contributed by atoms with Gasteiger partial charge in [-0.3, -0.25) is 4.79 Å².